The van der Waals surface area contributed by atoms with E-state index in [0.717, 1.165) is 44.2 Å². The molecule has 0 unspecified atom stereocenters. The minimum atomic E-state index is -0.556. The fraction of sp³-hybridized carbons (Fsp3) is 0.429. The molecular formula is C14H16ClFN2O2. The van der Waals surface area contributed by atoms with Gasteiger partial charge in [0.25, 0.3) is 5.91 Å². The topological polar surface area (TPSA) is 58.2 Å². The van der Waals surface area contributed by atoms with Crippen LogP contribution in [-0.2, 0) is 4.79 Å². The molecule has 0 atom stereocenters. The van der Waals surface area contributed by atoms with Crippen LogP contribution in [0.25, 0.3) is 0 Å². The molecule has 0 aromatic heterocycles. The Balaban J connectivity index is 1.89. The van der Waals surface area contributed by atoms with E-state index in [1.54, 1.807) is 0 Å². The molecule has 1 aliphatic carbocycles. The largest absolute Gasteiger partial charge is 0.273 e. The number of rotatable bonds is 2. The van der Waals surface area contributed by atoms with Crippen molar-refractivity contribution >= 4 is 23.4 Å². The van der Waals surface area contributed by atoms with Gasteiger partial charge in [-0.05, 0) is 31.0 Å². The molecule has 20 heavy (non-hydrogen) atoms. The van der Waals surface area contributed by atoms with Gasteiger partial charge in [-0.2, -0.15) is 0 Å². The highest BCUT2D eigenvalue weighted by atomic mass is 35.5. The first-order valence-corrected chi connectivity index (χ1v) is 7.01. The normalized spacial score (nSPS) is 15.7. The van der Waals surface area contributed by atoms with Crippen molar-refractivity contribution in [2.75, 3.05) is 0 Å². The van der Waals surface area contributed by atoms with Gasteiger partial charge in [-0.3, -0.25) is 20.4 Å². The molecule has 2 N–H and O–H groups in total. The lowest BCUT2D eigenvalue weighted by molar-refractivity contribution is -0.126. The maximum absolute atomic E-state index is 12.9. The fourth-order valence-corrected chi connectivity index (χ4v) is 2.58. The van der Waals surface area contributed by atoms with Crippen molar-refractivity contribution in [1.29, 1.82) is 0 Å². The average Bonchev–Trinajstić information content (AvgIpc) is 2.45. The predicted octanol–water partition coefficient (Wildman–Crippen LogP) is 2.82. The Morgan fingerprint density at radius 1 is 1.15 bits per heavy atom. The molecule has 0 heterocycles. The summed E-state index contributed by atoms with van der Waals surface area (Å²) in [6.07, 6.45) is 4.92. The predicted molar refractivity (Wildman–Crippen MR) is 73.6 cm³/mol. The number of halogens is 2. The van der Waals surface area contributed by atoms with E-state index in [2.05, 4.69) is 10.9 Å². The molecule has 1 aliphatic rings. The van der Waals surface area contributed by atoms with Crippen LogP contribution in [-0.4, -0.2) is 11.8 Å². The second-order valence-electron chi connectivity index (χ2n) is 4.90. The minimum Gasteiger partial charge on any atom is -0.273 e. The van der Waals surface area contributed by atoms with E-state index in [9.17, 15) is 14.0 Å². The Morgan fingerprint density at radius 3 is 2.50 bits per heavy atom. The summed E-state index contributed by atoms with van der Waals surface area (Å²) < 4.78 is 12.9. The molecule has 2 rings (SSSR count). The van der Waals surface area contributed by atoms with Crippen LogP contribution < -0.4 is 10.9 Å². The average molecular weight is 299 g/mol. The third-order valence-corrected chi connectivity index (χ3v) is 3.76. The van der Waals surface area contributed by atoms with Crippen LogP contribution in [0.15, 0.2) is 18.2 Å². The third kappa shape index (κ3) is 3.70. The molecule has 1 aromatic carbocycles. The van der Waals surface area contributed by atoms with Gasteiger partial charge in [0.15, 0.2) is 0 Å². The summed E-state index contributed by atoms with van der Waals surface area (Å²) >= 11 is 5.77. The standard InChI is InChI=1S/C14H16ClFN2O2/c15-12-8-10(16)6-7-11(12)14(20)18-17-13(19)9-4-2-1-3-5-9/h6-9H,1-5H2,(H,17,19)(H,18,20). The highest BCUT2D eigenvalue weighted by Gasteiger charge is 2.21. The summed E-state index contributed by atoms with van der Waals surface area (Å²) in [6.45, 7) is 0. The summed E-state index contributed by atoms with van der Waals surface area (Å²) in [7, 11) is 0. The van der Waals surface area contributed by atoms with Gasteiger partial charge in [0.2, 0.25) is 5.91 Å². The van der Waals surface area contributed by atoms with Crippen molar-refractivity contribution in [3.05, 3.63) is 34.6 Å². The summed E-state index contributed by atoms with van der Waals surface area (Å²) in [5.41, 5.74) is 4.83. The molecule has 1 saturated carbocycles. The Bertz CT molecular complexity index is 516. The van der Waals surface area contributed by atoms with Crippen molar-refractivity contribution in [1.82, 2.24) is 10.9 Å². The van der Waals surface area contributed by atoms with Gasteiger partial charge in [0.05, 0.1) is 10.6 Å². The third-order valence-electron chi connectivity index (χ3n) is 3.45. The van der Waals surface area contributed by atoms with Crippen LogP contribution in [0.2, 0.25) is 5.02 Å². The lowest BCUT2D eigenvalue weighted by Gasteiger charge is -2.20. The first-order chi connectivity index (χ1) is 9.58. The van der Waals surface area contributed by atoms with E-state index in [1.165, 1.54) is 6.07 Å². The van der Waals surface area contributed by atoms with Crippen LogP contribution in [0, 0.1) is 11.7 Å². The van der Waals surface area contributed by atoms with Crippen LogP contribution in [0.3, 0.4) is 0 Å². The SMILES string of the molecule is O=C(NNC(=O)C1CCCCC1)c1ccc(F)cc1Cl. The second-order valence-corrected chi connectivity index (χ2v) is 5.31. The molecule has 0 aliphatic heterocycles. The highest BCUT2D eigenvalue weighted by molar-refractivity contribution is 6.33. The number of hydrogen-bond acceptors (Lipinski definition) is 2. The minimum absolute atomic E-state index is 0.00872. The number of nitrogens with one attached hydrogen (secondary N) is 2. The summed E-state index contributed by atoms with van der Waals surface area (Å²) in [4.78, 5) is 23.7. The number of amides is 2. The van der Waals surface area contributed by atoms with Gasteiger partial charge in [-0.1, -0.05) is 30.9 Å². The van der Waals surface area contributed by atoms with E-state index in [0.29, 0.717) is 0 Å². The molecule has 0 bridgehead atoms. The monoisotopic (exact) mass is 298 g/mol. The van der Waals surface area contributed by atoms with Crippen molar-refractivity contribution in [2.45, 2.75) is 32.1 Å². The molecular weight excluding hydrogens is 283 g/mol. The Kier molecular flexibility index (Phi) is 4.95. The fourth-order valence-electron chi connectivity index (χ4n) is 2.33. The zero-order chi connectivity index (χ0) is 14.5. The molecule has 4 nitrogen and oxygen atoms in total. The summed E-state index contributed by atoms with van der Waals surface area (Å²) in [5.74, 6) is -1.30. The van der Waals surface area contributed by atoms with E-state index in [-0.39, 0.29) is 22.4 Å². The maximum atomic E-state index is 12.9. The van der Waals surface area contributed by atoms with Crippen molar-refractivity contribution in [3.8, 4) is 0 Å². The molecule has 0 radical (unpaired) electrons. The number of carbonyl (C=O) groups excluding carboxylic acids is 2. The van der Waals surface area contributed by atoms with E-state index >= 15 is 0 Å². The molecule has 108 valence electrons. The zero-order valence-electron chi connectivity index (χ0n) is 10.9. The number of hydrazine groups is 1. The van der Waals surface area contributed by atoms with Crippen LogP contribution >= 0.6 is 11.6 Å². The highest BCUT2D eigenvalue weighted by Crippen LogP contribution is 2.23. The van der Waals surface area contributed by atoms with Gasteiger partial charge >= 0.3 is 0 Å². The molecule has 1 fully saturated rings. The molecule has 1 aromatic rings. The van der Waals surface area contributed by atoms with Gasteiger partial charge in [0.1, 0.15) is 5.82 Å². The molecule has 2 amide bonds. The van der Waals surface area contributed by atoms with Gasteiger partial charge in [-0.15, -0.1) is 0 Å². The lowest BCUT2D eigenvalue weighted by atomic mass is 9.89. The summed E-state index contributed by atoms with van der Waals surface area (Å²) in [5, 5.41) is 0.00872. The number of hydrogen-bond donors (Lipinski definition) is 2. The first kappa shape index (κ1) is 14.8. The molecule has 0 spiro atoms. The molecule has 6 heteroatoms. The van der Waals surface area contributed by atoms with Crippen LogP contribution in [0.5, 0.6) is 0 Å². The van der Waals surface area contributed by atoms with Crippen LogP contribution in [0.4, 0.5) is 4.39 Å². The Hall–Kier alpha value is -1.62. The second kappa shape index (κ2) is 6.70. The zero-order valence-corrected chi connectivity index (χ0v) is 11.7. The quantitative estimate of drug-likeness (QED) is 0.825. The maximum Gasteiger partial charge on any atom is 0.271 e. The van der Waals surface area contributed by atoms with Gasteiger partial charge in [-0.25, -0.2) is 4.39 Å². The Morgan fingerprint density at radius 2 is 1.85 bits per heavy atom. The lowest BCUT2D eigenvalue weighted by Crippen LogP contribution is -2.45. The van der Waals surface area contributed by atoms with Gasteiger partial charge < -0.3 is 0 Å². The van der Waals surface area contributed by atoms with Gasteiger partial charge in [0, 0.05) is 5.92 Å². The van der Waals surface area contributed by atoms with Crippen molar-refractivity contribution < 1.29 is 14.0 Å². The molecule has 0 saturated heterocycles. The van der Waals surface area contributed by atoms with Crippen molar-refractivity contribution in [3.63, 3.8) is 0 Å². The number of carbonyl (C=O) groups is 2. The van der Waals surface area contributed by atoms with Crippen LogP contribution in [0.1, 0.15) is 42.5 Å². The summed E-state index contributed by atoms with van der Waals surface area (Å²) in [6, 6.07) is 3.48. The smallest absolute Gasteiger partial charge is 0.271 e. The Labute approximate surface area is 121 Å². The number of benzene rings is 1. The van der Waals surface area contributed by atoms with E-state index < -0.39 is 11.7 Å². The van der Waals surface area contributed by atoms with E-state index in [4.69, 9.17) is 11.6 Å². The van der Waals surface area contributed by atoms with Crippen molar-refractivity contribution in [2.24, 2.45) is 5.92 Å². The first-order valence-electron chi connectivity index (χ1n) is 6.63. The van der Waals surface area contributed by atoms with E-state index in [1.807, 2.05) is 0 Å².